The van der Waals surface area contributed by atoms with E-state index >= 15 is 0 Å². The number of hydrogen-bond donors (Lipinski definition) is 1. The summed E-state index contributed by atoms with van der Waals surface area (Å²) in [6.07, 6.45) is 3.87. The number of nitrogens with one attached hydrogen (secondary N) is 1. The maximum Gasteiger partial charge on any atom is 0.325 e. The highest BCUT2D eigenvalue weighted by molar-refractivity contribution is 6.07. The summed E-state index contributed by atoms with van der Waals surface area (Å²) in [4.78, 5) is 26.9. The van der Waals surface area contributed by atoms with Gasteiger partial charge in [0.05, 0.1) is 6.54 Å². The van der Waals surface area contributed by atoms with Gasteiger partial charge >= 0.3 is 6.03 Å². The lowest BCUT2D eigenvalue weighted by molar-refractivity contribution is -0.134. The van der Waals surface area contributed by atoms with Gasteiger partial charge in [0.15, 0.2) is 0 Å². The molecule has 1 N–H and O–H groups in total. The van der Waals surface area contributed by atoms with Crippen molar-refractivity contribution in [2.24, 2.45) is 5.92 Å². The first kappa shape index (κ1) is 16.8. The zero-order valence-electron chi connectivity index (χ0n) is 15.1. The van der Waals surface area contributed by atoms with E-state index in [4.69, 9.17) is 0 Å². The van der Waals surface area contributed by atoms with Gasteiger partial charge in [0, 0.05) is 0 Å². The van der Waals surface area contributed by atoms with E-state index in [2.05, 4.69) is 24.4 Å². The lowest BCUT2D eigenvalue weighted by atomic mass is 9.73. The van der Waals surface area contributed by atoms with Crippen LogP contribution in [0.5, 0.6) is 0 Å². The number of amides is 3. The Morgan fingerprint density at radius 1 is 1.00 bits per heavy atom. The molecular formula is C22H24N2O2. The third-order valence-corrected chi connectivity index (χ3v) is 5.90. The highest BCUT2D eigenvalue weighted by Crippen LogP contribution is 2.38. The molecule has 1 aliphatic carbocycles. The van der Waals surface area contributed by atoms with Gasteiger partial charge in [-0.1, -0.05) is 74.4 Å². The molecule has 1 saturated heterocycles. The Morgan fingerprint density at radius 2 is 1.69 bits per heavy atom. The van der Waals surface area contributed by atoms with Gasteiger partial charge in [-0.2, -0.15) is 0 Å². The van der Waals surface area contributed by atoms with Crippen LogP contribution in [0, 0.1) is 5.92 Å². The van der Waals surface area contributed by atoms with Crippen molar-refractivity contribution in [3.63, 3.8) is 0 Å². The van der Waals surface area contributed by atoms with Gasteiger partial charge < -0.3 is 5.32 Å². The van der Waals surface area contributed by atoms with E-state index in [-0.39, 0.29) is 17.9 Å². The molecule has 4 heteroatoms. The zero-order chi connectivity index (χ0) is 18.1. The molecule has 2 unspecified atom stereocenters. The molecule has 1 heterocycles. The number of imide groups is 1. The van der Waals surface area contributed by atoms with Gasteiger partial charge in [-0.15, -0.1) is 0 Å². The lowest BCUT2D eigenvalue weighted by Crippen LogP contribution is -2.53. The van der Waals surface area contributed by atoms with Crippen LogP contribution in [0.1, 0.15) is 38.2 Å². The van der Waals surface area contributed by atoms with E-state index in [1.54, 1.807) is 0 Å². The van der Waals surface area contributed by atoms with E-state index in [9.17, 15) is 9.59 Å². The molecule has 2 atom stereocenters. The van der Waals surface area contributed by atoms with Gasteiger partial charge in [-0.25, -0.2) is 4.79 Å². The molecule has 2 aromatic rings. The first-order chi connectivity index (χ1) is 12.6. The number of rotatable bonds is 3. The number of benzene rings is 2. The fourth-order valence-electron chi connectivity index (χ4n) is 4.25. The molecule has 4 nitrogen and oxygen atoms in total. The Kier molecular flexibility index (Phi) is 4.27. The summed E-state index contributed by atoms with van der Waals surface area (Å²) in [6.45, 7) is 2.41. The first-order valence-corrected chi connectivity index (χ1v) is 9.39. The van der Waals surface area contributed by atoms with E-state index in [1.165, 1.54) is 4.90 Å². The molecule has 0 aromatic heterocycles. The molecule has 0 bridgehead atoms. The SMILES string of the molecule is CC1CCCCC12NC(=O)N(Cc1ccc(-c3ccccc3)cc1)C2=O. The molecule has 1 aliphatic heterocycles. The number of carbonyl (C=O) groups is 2. The van der Waals surface area contributed by atoms with Gasteiger partial charge in [0.1, 0.15) is 5.54 Å². The molecule has 134 valence electrons. The van der Waals surface area contributed by atoms with Crippen molar-refractivity contribution in [3.8, 4) is 11.1 Å². The summed E-state index contributed by atoms with van der Waals surface area (Å²) < 4.78 is 0. The van der Waals surface area contributed by atoms with Crippen LogP contribution < -0.4 is 5.32 Å². The quantitative estimate of drug-likeness (QED) is 0.838. The van der Waals surface area contributed by atoms with Crippen molar-refractivity contribution in [1.29, 1.82) is 0 Å². The van der Waals surface area contributed by atoms with Crippen molar-refractivity contribution >= 4 is 11.9 Å². The minimum Gasteiger partial charge on any atom is -0.323 e. The molecule has 4 rings (SSSR count). The van der Waals surface area contributed by atoms with Gasteiger partial charge in [0.2, 0.25) is 0 Å². The van der Waals surface area contributed by atoms with Crippen molar-refractivity contribution in [3.05, 3.63) is 60.2 Å². The maximum absolute atomic E-state index is 13.0. The predicted octanol–water partition coefficient (Wildman–Crippen LogP) is 4.35. The summed E-state index contributed by atoms with van der Waals surface area (Å²) in [5, 5.41) is 3.01. The summed E-state index contributed by atoms with van der Waals surface area (Å²) >= 11 is 0. The Hall–Kier alpha value is -2.62. The normalized spacial score (nSPS) is 25.6. The van der Waals surface area contributed by atoms with Crippen LogP contribution in [0.4, 0.5) is 4.79 Å². The highest BCUT2D eigenvalue weighted by Gasteiger charge is 2.54. The maximum atomic E-state index is 13.0. The second-order valence-corrected chi connectivity index (χ2v) is 7.50. The molecule has 2 aliphatic rings. The monoisotopic (exact) mass is 348 g/mol. The van der Waals surface area contributed by atoms with Crippen LogP contribution in [-0.4, -0.2) is 22.4 Å². The fraction of sp³-hybridized carbons (Fsp3) is 0.364. The minimum absolute atomic E-state index is 0.0539. The molecule has 0 radical (unpaired) electrons. The van der Waals surface area contributed by atoms with Gasteiger partial charge in [-0.05, 0) is 35.4 Å². The third-order valence-electron chi connectivity index (χ3n) is 5.90. The molecule has 1 spiro atoms. The van der Waals surface area contributed by atoms with Crippen LogP contribution in [0.25, 0.3) is 11.1 Å². The highest BCUT2D eigenvalue weighted by atomic mass is 16.2. The topological polar surface area (TPSA) is 49.4 Å². The van der Waals surface area contributed by atoms with Crippen LogP contribution in [0.3, 0.4) is 0 Å². The van der Waals surface area contributed by atoms with E-state index < -0.39 is 5.54 Å². The van der Waals surface area contributed by atoms with Crippen molar-refractivity contribution in [2.75, 3.05) is 0 Å². The van der Waals surface area contributed by atoms with E-state index in [1.807, 2.05) is 42.5 Å². The van der Waals surface area contributed by atoms with Crippen LogP contribution in [0.2, 0.25) is 0 Å². The number of nitrogens with zero attached hydrogens (tertiary/aromatic N) is 1. The van der Waals surface area contributed by atoms with Crippen LogP contribution >= 0.6 is 0 Å². The minimum atomic E-state index is -0.681. The van der Waals surface area contributed by atoms with Gasteiger partial charge in [0.25, 0.3) is 5.91 Å². The molecular weight excluding hydrogens is 324 g/mol. The van der Waals surface area contributed by atoms with E-state index in [0.717, 1.165) is 42.4 Å². The smallest absolute Gasteiger partial charge is 0.323 e. The number of hydrogen-bond acceptors (Lipinski definition) is 2. The summed E-state index contributed by atoms with van der Waals surface area (Å²) in [5.41, 5.74) is 2.57. The van der Waals surface area contributed by atoms with E-state index in [0.29, 0.717) is 6.54 Å². The zero-order valence-corrected chi connectivity index (χ0v) is 15.1. The second kappa shape index (κ2) is 6.60. The van der Waals surface area contributed by atoms with Crippen molar-refractivity contribution in [2.45, 2.75) is 44.7 Å². The molecule has 2 fully saturated rings. The summed E-state index contributed by atoms with van der Waals surface area (Å²) in [7, 11) is 0. The van der Waals surface area contributed by atoms with Crippen molar-refractivity contribution < 1.29 is 9.59 Å². The third kappa shape index (κ3) is 2.79. The Labute approximate surface area is 154 Å². The molecule has 26 heavy (non-hydrogen) atoms. The molecule has 1 saturated carbocycles. The standard InChI is InChI=1S/C22H24N2O2/c1-16-7-5-6-14-22(16)20(25)24(21(26)23-22)15-17-10-12-19(13-11-17)18-8-3-2-4-9-18/h2-4,8-13,16H,5-7,14-15H2,1H3,(H,23,26). The van der Waals surface area contributed by atoms with Crippen LogP contribution in [-0.2, 0) is 11.3 Å². The lowest BCUT2D eigenvalue weighted by Gasteiger charge is -2.36. The average molecular weight is 348 g/mol. The first-order valence-electron chi connectivity index (χ1n) is 9.39. The molecule has 3 amide bonds. The summed E-state index contributed by atoms with van der Waals surface area (Å²) in [6, 6.07) is 18.0. The molecule has 2 aromatic carbocycles. The Morgan fingerprint density at radius 3 is 2.38 bits per heavy atom. The van der Waals surface area contributed by atoms with Crippen LogP contribution in [0.15, 0.2) is 54.6 Å². The number of urea groups is 1. The average Bonchev–Trinajstić information content (AvgIpc) is 2.90. The summed E-state index contributed by atoms with van der Waals surface area (Å²) in [5.74, 6) is 0.139. The van der Waals surface area contributed by atoms with Crippen molar-refractivity contribution in [1.82, 2.24) is 10.2 Å². The predicted molar refractivity (Wildman–Crippen MR) is 101 cm³/mol. The fourth-order valence-corrected chi connectivity index (χ4v) is 4.25. The Balaban J connectivity index is 1.52. The number of carbonyl (C=O) groups excluding carboxylic acids is 2. The largest absolute Gasteiger partial charge is 0.325 e. The van der Waals surface area contributed by atoms with Gasteiger partial charge in [-0.3, -0.25) is 9.69 Å². The Bertz CT molecular complexity index is 816. The second-order valence-electron chi connectivity index (χ2n) is 7.50.